The molecular formula is C12H20N4O2. The van der Waals surface area contributed by atoms with E-state index in [1.165, 1.54) is 0 Å². The van der Waals surface area contributed by atoms with Crippen LogP contribution in [0, 0.1) is 5.92 Å². The Morgan fingerprint density at radius 1 is 1.44 bits per heavy atom. The van der Waals surface area contributed by atoms with E-state index < -0.39 is 0 Å². The molecule has 1 aromatic heterocycles. The zero-order chi connectivity index (χ0) is 13.3. The molecule has 1 saturated heterocycles. The summed E-state index contributed by atoms with van der Waals surface area (Å²) in [5.41, 5.74) is 5.19. The van der Waals surface area contributed by atoms with Crippen LogP contribution in [0.1, 0.15) is 39.5 Å². The normalized spacial score (nSPS) is 21.1. The van der Waals surface area contributed by atoms with E-state index in [0.717, 1.165) is 19.4 Å². The summed E-state index contributed by atoms with van der Waals surface area (Å²) in [5.74, 6) is 0.234. The van der Waals surface area contributed by atoms with Gasteiger partial charge < -0.3 is 15.1 Å². The molecule has 0 radical (unpaired) electrons. The molecule has 1 aliphatic heterocycles. The van der Waals surface area contributed by atoms with Gasteiger partial charge in [0.2, 0.25) is 11.8 Å². The number of rotatable bonds is 2. The number of anilines is 1. The fourth-order valence-corrected chi connectivity index (χ4v) is 2.03. The van der Waals surface area contributed by atoms with E-state index in [1.54, 1.807) is 0 Å². The van der Waals surface area contributed by atoms with Gasteiger partial charge in [0.05, 0.1) is 5.92 Å². The lowest BCUT2D eigenvalue weighted by Gasteiger charge is -2.29. The van der Waals surface area contributed by atoms with E-state index in [4.69, 9.17) is 10.2 Å². The van der Waals surface area contributed by atoms with Gasteiger partial charge in [0, 0.05) is 18.5 Å². The molecule has 0 unspecified atom stereocenters. The van der Waals surface area contributed by atoms with Crippen LogP contribution in [-0.2, 0) is 10.2 Å². The van der Waals surface area contributed by atoms with Crippen molar-refractivity contribution in [1.82, 2.24) is 10.2 Å². The Hall–Kier alpha value is -1.59. The standard InChI is InChI=1S/C12H20N4O2/c1-12(2,3)10-14-15-11(18-10)16-6-4-5-8(7-16)9(13)17/h8H,4-7H2,1-3H3,(H2,13,17)/t8-/m0/s1. The van der Waals surface area contributed by atoms with Crippen LogP contribution in [0.25, 0.3) is 0 Å². The van der Waals surface area contributed by atoms with Crippen molar-refractivity contribution in [2.24, 2.45) is 11.7 Å². The van der Waals surface area contributed by atoms with Gasteiger partial charge in [-0.25, -0.2) is 0 Å². The number of primary amides is 1. The molecule has 2 rings (SSSR count). The maximum atomic E-state index is 11.2. The molecule has 1 aromatic rings. The summed E-state index contributed by atoms with van der Waals surface area (Å²) in [6.07, 6.45) is 1.76. The van der Waals surface area contributed by atoms with E-state index in [-0.39, 0.29) is 17.2 Å². The molecule has 100 valence electrons. The second-order valence-electron chi connectivity index (χ2n) is 5.83. The fourth-order valence-electron chi connectivity index (χ4n) is 2.03. The SMILES string of the molecule is CC(C)(C)c1nnc(N2CCC[C@H](C(N)=O)C2)o1. The third-order valence-electron chi connectivity index (χ3n) is 3.15. The quantitative estimate of drug-likeness (QED) is 0.851. The number of nitrogens with two attached hydrogens (primary N) is 1. The number of nitrogens with zero attached hydrogens (tertiary/aromatic N) is 3. The molecule has 1 aliphatic rings. The van der Waals surface area contributed by atoms with E-state index in [0.29, 0.717) is 18.5 Å². The molecule has 2 N–H and O–H groups in total. The van der Waals surface area contributed by atoms with Crippen molar-refractivity contribution >= 4 is 11.9 Å². The Morgan fingerprint density at radius 3 is 2.72 bits per heavy atom. The van der Waals surface area contributed by atoms with Crippen LogP contribution in [0.3, 0.4) is 0 Å². The lowest BCUT2D eigenvalue weighted by Crippen LogP contribution is -2.41. The molecule has 6 heteroatoms. The monoisotopic (exact) mass is 252 g/mol. The average Bonchev–Trinajstić information content (AvgIpc) is 2.78. The molecule has 0 aromatic carbocycles. The van der Waals surface area contributed by atoms with Crippen molar-refractivity contribution in [3.63, 3.8) is 0 Å². The second kappa shape index (κ2) is 4.59. The number of hydrogen-bond donors (Lipinski definition) is 1. The minimum atomic E-state index is -0.254. The van der Waals surface area contributed by atoms with Crippen molar-refractivity contribution < 1.29 is 9.21 Å². The molecule has 0 spiro atoms. The molecule has 6 nitrogen and oxygen atoms in total. The van der Waals surface area contributed by atoms with E-state index in [1.807, 2.05) is 25.7 Å². The van der Waals surface area contributed by atoms with Gasteiger partial charge in [-0.05, 0) is 12.8 Å². The first-order valence-corrected chi connectivity index (χ1v) is 6.26. The van der Waals surface area contributed by atoms with Gasteiger partial charge in [0.25, 0.3) is 0 Å². The number of aromatic nitrogens is 2. The van der Waals surface area contributed by atoms with Crippen molar-refractivity contribution in [1.29, 1.82) is 0 Å². The second-order valence-corrected chi connectivity index (χ2v) is 5.83. The Labute approximate surface area is 107 Å². The minimum absolute atomic E-state index is 0.122. The zero-order valence-corrected chi connectivity index (χ0v) is 11.1. The van der Waals surface area contributed by atoms with Crippen molar-refractivity contribution in [2.75, 3.05) is 18.0 Å². The predicted molar refractivity (Wildman–Crippen MR) is 67.1 cm³/mol. The maximum absolute atomic E-state index is 11.2. The van der Waals surface area contributed by atoms with Gasteiger partial charge in [0.1, 0.15) is 0 Å². The number of amides is 1. The topological polar surface area (TPSA) is 85.3 Å². The summed E-state index contributed by atoms with van der Waals surface area (Å²) in [4.78, 5) is 13.2. The van der Waals surface area contributed by atoms with Crippen LogP contribution < -0.4 is 10.6 Å². The van der Waals surface area contributed by atoms with Crippen molar-refractivity contribution in [3.8, 4) is 0 Å². The van der Waals surface area contributed by atoms with Crippen LogP contribution in [0.4, 0.5) is 6.01 Å². The third-order valence-corrected chi connectivity index (χ3v) is 3.15. The average molecular weight is 252 g/mol. The summed E-state index contributed by atoms with van der Waals surface area (Å²) in [5, 5.41) is 8.12. The summed E-state index contributed by atoms with van der Waals surface area (Å²) in [6, 6.07) is 0.492. The van der Waals surface area contributed by atoms with E-state index >= 15 is 0 Å². The first kappa shape index (κ1) is 12.9. The van der Waals surface area contributed by atoms with Gasteiger partial charge >= 0.3 is 6.01 Å². The van der Waals surface area contributed by atoms with E-state index in [9.17, 15) is 4.79 Å². The Bertz CT molecular complexity index is 436. The van der Waals surface area contributed by atoms with Crippen LogP contribution in [-0.4, -0.2) is 29.2 Å². The lowest BCUT2D eigenvalue weighted by atomic mass is 9.97. The largest absolute Gasteiger partial charge is 0.407 e. The number of hydrogen-bond acceptors (Lipinski definition) is 5. The molecular weight excluding hydrogens is 232 g/mol. The zero-order valence-electron chi connectivity index (χ0n) is 11.1. The molecule has 2 heterocycles. The molecule has 0 bridgehead atoms. The highest BCUT2D eigenvalue weighted by molar-refractivity contribution is 5.77. The van der Waals surface area contributed by atoms with Crippen molar-refractivity contribution in [2.45, 2.75) is 39.0 Å². The van der Waals surface area contributed by atoms with Crippen LogP contribution in [0.2, 0.25) is 0 Å². The van der Waals surface area contributed by atoms with Gasteiger partial charge in [-0.15, -0.1) is 5.10 Å². The highest BCUT2D eigenvalue weighted by atomic mass is 16.4. The van der Waals surface area contributed by atoms with Gasteiger partial charge in [-0.1, -0.05) is 25.9 Å². The number of carbonyl (C=O) groups is 1. The van der Waals surface area contributed by atoms with Crippen LogP contribution in [0.15, 0.2) is 4.42 Å². The molecule has 1 atom stereocenters. The lowest BCUT2D eigenvalue weighted by molar-refractivity contribution is -0.122. The number of piperidine rings is 1. The highest BCUT2D eigenvalue weighted by Gasteiger charge is 2.28. The van der Waals surface area contributed by atoms with E-state index in [2.05, 4.69) is 10.2 Å². The molecule has 1 amide bonds. The minimum Gasteiger partial charge on any atom is -0.407 e. The summed E-state index contributed by atoms with van der Waals surface area (Å²) < 4.78 is 5.67. The first-order chi connectivity index (χ1) is 8.38. The number of carbonyl (C=O) groups excluding carboxylic acids is 1. The van der Waals surface area contributed by atoms with Crippen LogP contribution >= 0.6 is 0 Å². The molecule has 1 fully saturated rings. The summed E-state index contributed by atoms with van der Waals surface area (Å²) in [7, 11) is 0. The Kier molecular flexibility index (Phi) is 3.28. The van der Waals surface area contributed by atoms with Gasteiger partial charge in [0.15, 0.2) is 0 Å². The predicted octanol–water partition coefficient (Wildman–Crippen LogP) is 1.07. The smallest absolute Gasteiger partial charge is 0.318 e. The highest BCUT2D eigenvalue weighted by Crippen LogP contribution is 2.26. The fraction of sp³-hybridized carbons (Fsp3) is 0.750. The van der Waals surface area contributed by atoms with Gasteiger partial charge in [-0.2, -0.15) is 0 Å². The molecule has 18 heavy (non-hydrogen) atoms. The third kappa shape index (κ3) is 2.63. The summed E-state index contributed by atoms with van der Waals surface area (Å²) in [6.45, 7) is 7.46. The van der Waals surface area contributed by atoms with Crippen molar-refractivity contribution in [3.05, 3.63) is 5.89 Å². The Balaban J connectivity index is 2.12. The maximum Gasteiger partial charge on any atom is 0.318 e. The summed E-state index contributed by atoms with van der Waals surface area (Å²) >= 11 is 0. The Morgan fingerprint density at radius 2 is 2.17 bits per heavy atom. The van der Waals surface area contributed by atoms with Crippen LogP contribution in [0.5, 0.6) is 0 Å². The first-order valence-electron chi connectivity index (χ1n) is 6.26. The molecule has 0 aliphatic carbocycles. The molecule has 0 saturated carbocycles. The van der Waals surface area contributed by atoms with Gasteiger partial charge in [-0.3, -0.25) is 4.79 Å².